The van der Waals surface area contributed by atoms with E-state index in [0.717, 1.165) is 31.5 Å². The summed E-state index contributed by atoms with van der Waals surface area (Å²) in [6.45, 7) is 6.02. The highest BCUT2D eigenvalue weighted by atomic mass is 32.1. The van der Waals surface area contributed by atoms with Gasteiger partial charge in [-0.25, -0.2) is 9.78 Å². The molecule has 4 rings (SSSR count). The normalized spacial score (nSPS) is 17.2. The van der Waals surface area contributed by atoms with Gasteiger partial charge in [-0.05, 0) is 13.5 Å². The Hall–Kier alpha value is -3.03. The molecule has 0 unspecified atom stereocenters. The van der Waals surface area contributed by atoms with Crippen LogP contribution in [-0.4, -0.2) is 126 Å². The Morgan fingerprint density at radius 3 is 2.29 bits per heavy atom. The average molecular weight is 623 g/mol. The number of likely N-dealkylation sites (N-methyl/N-ethyl adjacent to an activating group) is 1. The fourth-order valence-electron chi connectivity index (χ4n) is 4.76. The van der Waals surface area contributed by atoms with E-state index in [2.05, 4.69) is 20.1 Å². The lowest BCUT2D eigenvalue weighted by Gasteiger charge is -2.36. The summed E-state index contributed by atoms with van der Waals surface area (Å²) in [4.78, 5) is 70.8. The first-order valence-electron chi connectivity index (χ1n) is 14.1. The number of hydrogen-bond acceptors (Lipinski definition) is 9. The number of amides is 3. The standard InChI is InChI=1S/C27H39N6O7PS/c1-3-4-18-40-27(36)33-16-14-31(15-17-33)25(35)21(19-41(37,38)39)28-23(34)22-26(32-12-10-30(2)11-13-32)42-24(29-22)20-8-6-5-7-9-20/h5-9,21H,3-4,10-19H2,1-2H3,(H,28,34)(H2,37,38,39)/t21-/m0/s1. The van der Waals surface area contributed by atoms with Gasteiger partial charge in [0.15, 0.2) is 5.69 Å². The fourth-order valence-corrected chi connectivity index (χ4v) is 6.61. The van der Waals surface area contributed by atoms with Crippen LogP contribution in [-0.2, 0) is 14.1 Å². The van der Waals surface area contributed by atoms with Gasteiger partial charge in [-0.1, -0.05) is 55.0 Å². The summed E-state index contributed by atoms with van der Waals surface area (Å²) in [5, 5.41) is 3.87. The third kappa shape index (κ3) is 8.51. The Balaban J connectivity index is 1.51. The molecule has 2 fully saturated rings. The monoisotopic (exact) mass is 622 g/mol. The van der Waals surface area contributed by atoms with Crippen LogP contribution in [0.1, 0.15) is 30.3 Å². The van der Waals surface area contributed by atoms with Gasteiger partial charge in [0.25, 0.3) is 5.91 Å². The largest absolute Gasteiger partial charge is 0.449 e. The number of anilines is 1. The number of carbonyl (C=O) groups is 3. The summed E-state index contributed by atoms with van der Waals surface area (Å²) >= 11 is 1.37. The number of thiazole rings is 1. The van der Waals surface area contributed by atoms with Crippen molar-refractivity contribution in [2.45, 2.75) is 25.8 Å². The van der Waals surface area contributed by atoms with Gasteiger partial charge in [-0.15, -0.1) is 0 Å². The van der Waals surface area contributed by atoms with Gasteiger partial charge in [0.2, 0.25) is 5.91 Å². The van der Waals surface area contributed by atoms with Crippen LogP contribution < -0.4 is 10.2 Å². The first-order valence-corrected chi connectivity index (χ1v) is 16.7. The van der Waals surface area contributed by atoms with Crippen LogP contribution in [0.5, 0.6) is 0 Å². The molecule has 1 aromatic heterocycles. The Morgan fingerprint density at radius 2 is 1.67 bits per heavy atom. The van der Waals surface area contributed by atoms with E-state index in [1.807, 2.05) is 44.3 Å². The lowest BCUT2D eigenvalue weighted by Crippen LogP contribution is -2.57. The van der Waals surface area contributed by atoms with E-state index >= 15 is 0 Å². The molecule has 1 atom stereocenters. The minimum absolute atomic E-state index is 0.117. The van der Waals surface area contributed by atoms with Gasteiger partial charge >= 0.3 is 13.7 Å². The number of nitrogens with one attached hydrogen (secondary N) is 1. The molecule has 13 nitrogen and oxygen atoms in total. The average Bonchev–Trinajstić information content (AvgIpc) is 3.42. The number of ether oxygens (including phenoxy) is 1. The van der Waals surface area contributed by atoms with Crippen LogP contribution in [0.15, 0.2) is 30.3 Å². The maximum Gasteiger partial charge on any atom is 0.409 e. The highest BCUT2D eigenvalue weighted by molar-refractivity contribution is 7.51. The van der Waals surface area contributed by atoms with Crippen LogP contribution in [0.4, 0.5) is 9.80 Å². The number of rotatable bonds is 10. The predicted octanol–water partition coefficient (Wildman–Crippen LogP) is 1.92. The number of unbranched alkanes of at least 4 members (excludes halogenated alkanes) is 1. The maximum atomic E-state index is 13.7. The lowest BCUT2D eigenvalue weighted by molar-refractivity contribution is -0.134. The van der Waals surface area contributed by atoms with Crippen molar-refractivity contribution in [2.24, 2.45) is 0 Å². The molecular weight excluding hydrogens is 583 g/mol. The van der Waals surface area contributed by atoms with Crippen LogP contribution in [0.3, 0.4) is 0 Å². The van der Waals surface area contributed by atoms with Crippen LogP contribution in [0, 0.1) is 0 Å². The Kier molecular flexibility index (Phi) is 11.0. The van der Waals surface area contributed by atoms with Gasteiger partial charge in [0.1, 0.15) is 16.1 Å². The molecule has 1 aromatic carbocycles. The van der Waals surface area contributed by atoms with Gasteiger partial charge in [-0.2, -0.15) is 0 Å². The molecule has 0 aliphatic carbocycles. The van der Waals surface area contributed by atoms with E-state index in [9.17, 15) is 28.7 Å². The molecule has 0 radical (unpaired) electrons. The van der Waals surface area contributed by atoms with Crippen molar-refractivity contribution in [2.75, 3.05) is 77.1 Å². The zero-order valence-corrected chi connectivity index (χ0v) is 25.7. The predicted molar refractivity (Wildman–Crippen MR) is 160 cm³/mol. The fraction of sp³-hybridized carbons (Fsp3) is 0.556. The molecule has 15 heteroatoms. The van der Waals surface area contributed by atoms with E-state index in [-0.39, 0.29) is 31.9 Å². The van der Waals surface area contributed by atoms with Crippen molar-refractivity contribution < 1.29 is 33.5 Å². The molecule has 2 saturated heterocycles. The van der Waals surface area contributed by atoms with Crippen LogP contribution >= 0.6 is 18.9 Å². The summed E-state index contributed by atoms with van der Waals surface area (Å²) < 4.78 is 17.3. The maximum absolute atomic E-state index is 13.7. The van der Waals surface area contributed by atoms with Crippen molar-refractivity contribution in [3.8, 4) is 10.6 Å². The summed E-state index contributed by atoms with van der Waals surface area (Å²) in [6.07, 6.45) is 0.352. The number of carbonyl (C=O) groups excluding carboxylic acids is 3. The molecule has 3 amide bonds. The van der Waals surface area contributed by atoms with E-state index < -0.39 is 37.7 Å². The summed E-state index contributed by atoms with van der Waals surface area (Å²) in [5.74, 6) is -1.29. The van der Waals surface area contributed by atoms with E-state index in [4.69, 9.17) is 4.74 Å². The van der Waals surface area contributed by atoms with Gasteiger partial charge < -0.3 is 39.4 Å². The topological polar surface area (TPSA) is 156 Å². The molecule has 0 saturated carbocycles. The van der Waals surface area contributed by atoms with Gasteiger partial charge in [-0.3, -0.25) is 14.2 Å². The van der Waals surface area contributed by atoms with Crippen LogP contribution in [0.2, 0.25) is 0 Å². The van der Waals surface area contributed by atoms with E-state index in [1.54, 1.807) is 0 Å². The third-order valence-corrected chi connectivity index (χ3v) is 9.24. The molecule has 230 valence electrons. The summed E-state index contributed by atoms with van der Waals surface area (Å²) in [7, 11) is -2.66. The molecule has 2 aliphatic rings. The van der Waals surface area contributed by atoms with Crippen molar-refractivity contribution >= 4 is 41.8 Å². The lowest BCUT2D eigenvalue weighted by atomic mass is 10.2. The minimum Gasteiger partial charge on any atom is -0.449 e. The second-order valence-corrected chi connectivity index (χ2v) is 13.2. The van der Waals surface area contributed by atoms with Crippen molar-refractivity contribution in [3.05, 3.63) is 36.0 Å². The quantitative estimate of drug-likeness (QED) is 0.264. The minimum atomic E-state index is -4.69. The number of piperazine rings is 2. The molecule has 3 heterocycles. The molecular formula is C27H39N6O7PS. The summed E-state index contributed by atoms with van der Waals surface area (Å²) in [6, 6.07) is 7.97. The first-order chi connectivity index (χ1) is 20.1. The smallest absolute Gasteiger partial charge is 0.409 e. The third-order valence-electron chi connectivity index (χ3n) is 7.23. The zero-order valence-electron chi connectivity index (χ0n) is 24.0. The number of nitrogens with zero attached hydrogens (tertiary/aromatic N) is 5. The Bertz CT molecular complexity index is 1270. The van der Waals surface area contributed by atoms with Gasteiger partial charge in [0, 0.05) is 57.9 Å². The second kappa shape index (κ2) is 14.4. The van der Waals surface area contributed by atoms with Crippen molar-refractivity contribution in [1.82, 2.24) is 25.0 Å². The highest BCUT2D eigenvalue weighted by Gasteiger charge is 2.36. The molecule has 2 aliphatic heterocycles. The molecule has 2 aromatic rings. The Morgan fingerprint density at radius 1 is 1.02 bits per heavy atom. The number of benzene rings is 1. The molecule has 42 heavy (non-hydrogen) atoms. The van der Waals surface area contributed by atoms with E-state index in [0.29, 0.717) is 29.7 Å². The van der Waals surface area contributed by atoms with E-state index in [1.165, 1.54) is 21.1 Å². The number of aromatic nitrogens is 1. The van der Waals surface area contributed by atoms with Crippen molar-refractivity contribution in [1.29, 1.82) is 0 Å². The molecule has 0 bridgehead atoms. The van der Waals surface area contributed by atoms with Gasteiger partial charge in [0.05, 0.1) is 12.8 Å². The zero-order chi connectivity index (χ0) is 30.3. The van der Waals surface area contributed by atoms with Crippen LogP contribution in [0.25, 0.3) is 10.6 Å². The first kappa shape index (κ1) is 31.9. The molecule has 3 N–H and O–H groups in total. The summed E-state index contributed by atoms with van der Waals surface area (Å²) in [5.41, 5.74) is 0.956. The SMILES string of the molecule is CCCCOC(=O)N1CCN(C(=O)[C@H](CP(=O)(O)O)NC(=O)c2nc(-c3ccccc3)sc2N2CCN(C)CC2)CC1. The molecule has 0 spiro atoms. The number of hydrogen-bond donors (Lipinski definition) is 3. The highest BCUT2D eigenvalue weighted by Crippen LogP contribution is 2.37. The van der Waals surface area contributed by atoms with Crippen molar-refractivity contribution in [3.63, 3.8) is 0 Å². The second-order valence-electron chi connectivity index (χ2n) is 10.5. The Labute approximate surface area is 249 Å².